The van der Waals surface area contributed by atoms with E-state index in [-0.39, 0.29) is 12.8 Å². The molecule has 0 radical (unpaired) electrons. The second-order valence-electron chi connectivity index (χ2n) is 5.67. The minimum Gasteiger partial charge on any atom is -0.359 e. The van der Waals surface area contributed by atoms with Gasteiger partial charge in [-0.2, -0.15) is 13.2 Å². The summed E-state index contributed by atoms with van der Waals surface area (Å²) in [5.41, 5.74) is 7.51. The maximum Gasteiger partial charge on any atom is 0.499 e. The molecule has 1 aromatic carbocycles. The Bertz CT molecular complexity index is 912. The maximum atomic E-state index is 13.1. The lowest BCUT2D eigenvalue weighted by Crippen LogP contribution is -2.36. The molecule has 0 atom stereocenters. The molecule has 1 aliphatic carbocycles. The van der Waals surface area contributed by atoms with Crippen molar-refractivity contribution in [1.82, 2.24) is 0 Å². The van der Waals surface area contributed by atoms with Crippen LogP contribution in [0.4, 0.5) is 13.2 Å². The summed E-state index contributed by atoms with van der Waals surface area (Å²) in [5.74, 6) is 0. The number of rotatable bonds is 2. The van der Waals surface area contributed by atoms with E-state index in [2.05, 4.69) is 4.79 Å². The van der Waals surface area contributed by atoms with Crippen LogP contribution in [-0.4, -0.2) is 31.3 Å². The van der Waals surface area contributed by atoms with Crippen LogP contribution in [0.1, 0.15) is 37.7 Å². The first-order valence-corrected chi connectivity index (χ1v) is 10.4. The van der Waals surface area contributed by atoms with Gasteiger partial charge in [-0.05, 0) is 25.0 Å². The van der Waals surface area contributed by atoms with E-state index in [1.807, 2.05) is 0 Å². The highest BCUT2D eigenvalue weighted by atomic mass is 32.3. The van der Waals surface area contributed by atoms with E-state index < -0.39 is 45.9 Å². The first kappa shape index (κ1) is 19.6. The molecule has 1 fully saturated rings. The molecule has 0 bridgehead atoms. The number of sulfone groups is 2. The predicted octanol–water partition coefficient (Wildman–Crippen LogP) is 2.81. The molecular weight excluding hydrogens is 381 g/mol. The van der Waals surface area contributed by atoms with Crippen LogP contribution in [0, 0.1) is 0 Å². The van der Waals surface area contributed by atoms with Crippen molar-refractivity contribution in [2.45, 2.75) is 48.4 Å². The molecular formula is C14H15F3N2O4S2. The van der Waals surface area contributed by atoms with Crippen molar-refractivity contribution in [1.29, 1.82) is 0 Å². The lowest BCUT2D eigenvalue weighted by atomic mass is 10.0. The number of nitrogens with zero attached hydrogens (tertiary/aromatic N) is 2. The zero-order chi connectivity index (χ0) is 18.9. The Morgan fingerprint density at radius 3 is 2.12 bits per heavy atom. The summed E-state index contributed by atoms with van der Waals surface area (Å²) in [7, 11) is -9.78. The van der Waals surface area contributed by atoms with E-state index in [0.717, 1.165) is 18.6 Å². The Morgan fingerprint density at radius 2 is 1.60 bits per heavy atom. The Balaban J connectivity index is 2.61. The van der Waals surface area contributed by atoms with Crippen molar-refractivity contribution in [3.8, 4) is 0 Å². The van der Waals surface area contributed by atoms with Crippen LogP contribution in [0.15, 0.2) is 29.2 Å². The van der Waals surface area contributed by atoms with Crippen molar-refractivity contribution in [2.75, 3.05) is 0 Å². The molecule has 0 aromatic heterocycles. The molecule has 2 rings (SSSR count). The van der Waals surface area contributed by atoms with Gasteiger partial charge in [0, 0.05) is 0 Å². The molecule has 0 heterocycles. The fourth-order valence-corrected chi connectivity index (χ4v) is 7.09. The van der Waals surface area contributed by atoms with Crippen molar-refractivity contribution < 1.29 is 34.8 Å². The molecule has 6 nitrogen and oxygen atoms in total. The summed E-state index contributed by atoms with van der Waals surface area (Å²) >= 11 is 0. The van der Waals surface area contributed by atoms with Gasteiger partial charge in [0.2, 0.25) is 0 Å². The quantitative estimate of drug-likeness (QED) is 0.332. The molecule has 0 N–H and O–H groups in total. The fraction of sp³-hybridized carbons (Fsp3) is 0.500. The smallest absolute Gasteiger partial charge is 0.359 e. The number of halogens is 3. The molecule has 1 aromatic rings. The minimum atomic E-state index is -5.18. The lowest BCUT2D eigenvalue weighted by molar-refractivity contribution is -0.139. The van der Waals surface area contributed by atoms with Gasteiger partial charge in [-0.3, -0.25) is 0 Å². The number of alkyl halides is 3. The second kappa shape index (κ2) is 6.89. The van der Waals surface area contributed by atoms with Crippen molar-refractivity contribution in [3.05, 3.63) is 35.4 Å². The summed E-state index contributed by atoms with van der Waals surface area (Å²) < 4.78 is 87.8. The normalized spacial score (nSPS) is 17.1. The highest BCUT2D eigenvalue weighted by Gasteiger charge is 2.50. The van der Waals surface area contributed by atoms with Gasteiger partial charge >= 0.3 is 10.6 Å². The zero-order valence-electron chi connectivity index (χ0n) is 12.9. The number of benzene rings is 1. The first-order valence-electron chi connectivity index (χ1n) is 7.40. The van der Waals surface area contributed by atoms with Crippen LogP contribution in [0.5, 0.6) is 0 Å². The summed E-state index contributed by atoms with van der Waals surface area (Å²) in [6.45, 7) is 0. The van der Waals surface area contributed by atoms with Gasteiger partial charge in [0.25, 0.3) is 19.7 Å². The average molecular weight is 396 g/mol. The second-order valence-corrected chi connectivity index (χ2v) is 9.90. The van der Waals surface area contributed by atoms with Gasteiger partial charge in [-0.15, -0.1) is 4.79 Å². The van der Waals surface area contributed by atoms with Gasteiger partial charge in [0.05, 0.1) is 15.7 Å². The summed E-state index contributed by atoms with van der Waals surface area (Å²) in [5, 5.41) is -1.10. The Morgan fingerprint density at radius 1 is 1.04 bits per heavy atom. The van der Waals surface area contributed by atoms with Gasteiger partial charge in [0.1, 0.15) is 0 Å². The van der Waals surface area contributed by atoms with Gasteiger partial charge < -0.3 is 5.53 Å². The van der Waals surface area contributed by atoms with E-state index in [0.29, 0.717) is 25.0 Å². The minimum absolute atomic E-state index is 0.164. The third kappa shape index (κ3) is 3.78. The molecule has 1 saturated carbocycles. The third-order valence-corrected chi connectivity index (χ3v) is 8.78. The van der Waals surface area contributed by atoms with Crippen LogP contribution >= 0.6 is 0 Å². The van der Waals surface area contributed by atoms with E-state index >= 15 is 0 Å². The predicted molar refractivity (Wildman–Crippen MR) is 83.0 cm³/mol. The summed E-state index contributed by atoms with van der Waals surface area (Å²) in [4.78, 5) is 1.12. The van der Waals surface area contributed by atoms with Crippen molar-refractivity contribution >= 4 is 24.1 Å². The molecule has 0 spiro atoms. The fourth-order valence-electron chi connectivity index (χ4n) is 2.81. The molecule has 0 unspecified atom stereocenters. The monoisotopic (exact) mass is 396 g/mol. The summed E-state index contributed by atoms with van der Waals surface area (Å²) in [6.07, 6.45) is -2.82. The highest BCUT2D eigenvalue weighted by molar-refractivity contribution is 8.31. The van der Waals surface area contributed by atoms with Crippen LogP contribution < -0.4 is 0 Å². The van der Waals surface area contributed by atoms with Gasteiger partial charge in [-0.1, -0.05) is 31.4 Å². The molecule has 138 valence electrons. The molecule has 25 heavy (non-hydrogen) atoms. The standard InChI is InChI=1S/C14H15F3N2O4S2/c15-14(16,17)11-8-4-5-9-12(11)25(22,23)13(19-18)24(20,21)10-6-2-1-3-7-10/h4-5,8-10H,1-3,6-7H2. The first-order chi connectivity index (χ1) is 11.5. The molecule has 0 saturated heterocycles. The van der Waals surface area contributed by atoms with Crippen molar-refractivity contribution in [3.63, 3.8) is 0 Å². The van der Waals surface area contributed by atoms with Crippen LogP contribution in [0.3, 0.4) is 0 Å². The summed E-state index contributed by atoms with van der Waals surface area (Å²) in [6, 6.07) is 3.17. The molecule has 0 amide bonds. The highest BCUT2D eigenvalue weighted by Crippen LogP contribution is 2.35. The van der Waals surface area contributed by atoms with Gasteiger partial charge in [0.15, 0.2) is 0 Å². The van der Waals surface area contributed by atoms with Crippen LogP contribution in [0.2, 0.25) is 0 Å². The van der Waals surface area contributed by atoms with E-state index in [1.165, 1.54) is 0 Å². The van der Waals surface area contributed by atoms with Crippen molar-refractivity contribution in [2.24, 2.45) is 0 Å². The lowest BCUT2D eigenvalue weighted by Gasteiger charge is -2.19. The Hall–Kier alpha value is -1.71. The van der Waals surface area contributed by atoms with Crippen LogP contribution in [0.25, 0.3) is 5.53 Å². The zero-order valence-corrected chi connectivity index (χ0v) is 14.5. The van der Waals surface area contributed by atoms with E-state index in [4.69, 9.17) is 5.53 Å². The SMILES string of the molecule is [N-]=[N+]=C(S(=O)(=O)c1ccccc1C(F)(F)F)S(=O)(=O)C1CCCCC1. The van der Waals surface area contributed by atoms with Crippen LogP contribution in [-0.2, 0) is 25.9 Å². The molecule has 1 aliphatic rings. The topological polar surface area (TPSA) is 105 Å². The molecule has 11 heteroatoms. The largest absolute Gasteiger partial charge is 0.499 e. The Labute approximate surface area is 143 Å². The average Bonchev–Trinajstić information content (AvgIpc) is 2.55. The van der Waals surface area contributed by atoms with E-state index in [1.54, 1.807) is 0 Å². The van der Waals surface area contributed by atoms with Gasteiger partial charge in [-0.25, -0.2) is 16.8 Å². The number of hydrogen-bond donors (Lipinski definition) is 0. The molecule has 0 aliphatic heterocycles. The third-order valence-electron chi connectivity index (χ3n) is 4.03. The Kier molecular flexibility index (Phi) is 5.41. The maximum absolute atomic E-state index is 13.1. The number of hydrogen-bond acceptors (Lipinski definition) is 4. The van der Waals surface area contributed by atoms with E-state index in [9.17, 15) is 30.0 Å².